The second-order valence-electron chi connectivity index (χ2n) is 11.5. The van der Waals surface area contributed by atoms with Crippen LogP contribution in [-0.2, 0) is 28.6 Å². The standard InChI is InChI=1S/C28H41N3O7/c1-4-27-7-6-14-37-26(35)22(27)21-24(33)31(20(18-32)17-19(2)3)23-25(34)30(9-5-8-28(21,23)38-27)11-10-29-12-15-36-16-13-29/h5-8,19-23,32H,4,9-18H2,1-3H3/t20-,21+,22+,23?,27-,28+/m1/s1. The van der Waals surface area contributed by atoms with Crippen LogP contribution in [0.25, 0.3) is 0 Å². The molecule has 5 aliphatic heterocycles. The van der Waals surface area contributed by atoms with Gasteiger partial charge in [-0.3, -0.25) is 19.3 Å². The molecule has 3 saturated heterocycles. The third-order valence-electron chi connectivity index (χ3n) is 8.85. The number of fused-ring (bicyclic) bond motifs is 2. The first-order valence-corrected chi connectivity index (χ1v) is 14.0. The Bertz CT molecular complexity index is 993. The molecule has 1 spiro atoms. The Morgan fingerprint density at radius 2 is 1.82 bits per heavy atom. The molecule has 0 aliphatic carbocycles. The van der Waals surface area contributed by atoms with Crippen LogP contribution in [-0.4, -0.2) is 120 Å². The number of aliphatic hydroxyl groups excluding tert-OH is 1. The number of ether oxygens (including phenoxy) is 3. The molecule has 2 amide bonds. The number of morpholine rings is 1. The normalized spacial score (nSPS) is 36.1. The lowest BCUT2D eigenvalue weighted by Gasteiger charge is -2.41. The maximum atomic E-state index is 14.4. The fourth-order valence-electron chi connectivity index (χ4n) is 7.08. The summed E-state index contributed by atoms with van der Waals surface area (Å²) >= 11 is 0. The number of rotatable bonds is 8. The van der Waals surface area contributed by atoms with Crippen molar-refractivity contribution in [2.24, 2.45) is 17.8 Å². The topological polar surface area (TPSA) is 109 Å². The zero-order chi connectivity index (χ0) is 27.1. The van der Waals surface area contributed by atoms with Crippen molar-refractivity contribution in [1.82, 2.24) is 14.7 Å². The molecule has 5 heterocycles. The molecule has 5 rings (SSSR count). The van der Waals surface area contributed by atoms with E-state index in [1.807, 2.05) is 39.0 Å². The van der Waals surface area contributed by atoms with E-state index in [4.69, 9.17) is 14.2 Å². The lowest BCUT2D eigenvalue weighted by atomic mass is 9.73. The number of carbonyl (C=O) groups is 3. The molecule has 0 aromatic rings. The van der Waals surface area contributed by atoms with Crippen molar-refractivity contribution < 1.29 is 33.7 Å². The molecule has 210 valence electrons. The van der Waals surface area contributed by atoms with Gasteiger partial charge in [0.15, 0.2) is 0 Å². The molecule has 38 heavy (non-hydrogen) atoms. The Morgan fingerprint density at radius 1 is 1.05 bits per heavy atom. The van der Waals surface area contributed by atoms with E-state index in [2.05, 4.69) is 4.90 Å². The van der Waals surface area contributed by atoms with E-state index in [-0.39, 0.29) is 30.9 Å². The molecule has 6 atom stereocenters. The fourth-order valence-corrected chi connectivity index (χ4v) is 7.08. The van der Waals surface area contributed by atoms with Gasteiger partial charge in [0.25, 0.3) is 0 Å². The number of nitrogens with zero attached hydrogens (tertiary/aromatic N) is 3. The average Bonchev–Trinajstić information content (AvgIpc) is 3.19. The maximum absolute atomic E-state index is 14.4. The van der Waals surface area contributed by atoms with Gasteiger partial charge in [0.1, 0.15) is 29.8 Å². The summed E-state index contributed by atoms with van der Waals surface area (Å²) in [5.74, 6) is -2.61. The summed E-state index contributed by atoms with van der Waals surface area (Å²) in [5.41, 5.74) is -2.37. The number of hydrogen-bond donors (Lipinski definition) is 1. The number of hydrogen-bond acceptors (Lipinski definition) is 8. The molecule has 5 aliphatic rings. The smallest absolute Gasteiger partial charge is 0.313 e. The minimum Gasteiger partial charge on any atom is -0.461 e. The molecule has 10 heteroatoms. The van der Waals surface area contributed by atoms with Crippen molar-refractivity contribution in [2.75, 3.05) is 59.2 Å². The monoisotopic (exact) mass is 531 g/mol. The average molecular weight is 532 g/mol. The van der Waals surface area contributed by atoms with Gasteiger partial charge in [0.2, 0.25) is 11.8 Å². The molecule has 0 bridgehead atoms. The predicted molar refractivity (Wildman–Crippen MR) is 138 cm³/mol. The van der Waals surface area contributed by atoms with Gasteiger partial charge in [-0.25, -0.2) is 0 Å². The summed E-state index contributed by atoms with van der Waals surface area (Å²) in [6.45, 7) is 10.4. The number of amides is 2. The lowest BCUT2D eigenvalue weighted by molar-refractivity contribution is -0.161. The van der Waals surface area contributed by atoms with E-state index in [1.165, 1.54) is 0 Å². The quantitative estimate of drug-likeness (QED) is 0.358. The Kier molecular flexibility index (Phi) is 7.70. The third-order valence-corrected chi connectivity index (χ3v) is 8.85. The summed E-state index contributed by atoms with van der Waals surface area (Å²) in [7, 11) is 0. The minimum absolute atomic E-state index is 0.123. The van der Waals surface area contributed by atoms with Crippen molar-refractivity contribution in [3.05, 3.63) is 24.3 Å². The highest BCUT2D eigenvalue weighted by Gasteiger charge is 2.76. The van der Waals surface area contributed by atoms with Crippen molar-refractivity contribution in [1.29, 1.82) is 0 Å². The SMILES string of the molecule is CC[C@@]12C=CCOC(=O)[C@@H]1[C@H]1C(=O)N([C@@H](CO)CC(C)C)C3C(=O)N(CCN4CCOCC4)CC=C[C@@]31O2. The summed E-state index contributed by atoms with van der Waals surface area (Å²) < 4.78 is 17.8. The van der Waals surface area contributed by atoms with Gasteiger partial charge in [-0.15, -0.1) is 0 Å². The van der Waals surface area contributed by atoms with Crippen LogP contribution in [0.1, 0.15) is 33.6 Å². The molecule has 0 radical (unpaired) electrons. The summed E-state index contributed by atoms with van der Waals surface area (Å²) in [6.07, 6.45) is 8.36. The van der Waals surface area contributed by atoms with Crippen molar-refractivity contribution in [3.63, 3.8) is 0 Å². The first kappa shape index (κ1) is 27.3. The minimum atomic E-state index is -1.33. The number of likely N-dealkylation sites (tertiary alicyclic amines) is 1. The van der Waals surface area contributed by atoms with E-state index < -0.39 is 41.1 Å². The number of esters is 1. The Hall–Kier alpha value is -2.27. The van der Waals surface area contributed by atoms with Crippen LogP contribution in [0, 0.1) is 17.8 Å². The second-order valence-corrected chi connectivity index (χ2v) is 11.5. The molecule has 0 aromatic heterocycles. The Labute approximate surface area is 224 Å². The Balaban J connectivity index is 1.55. The van der Waals surface area contributed by atoms with Crippen LogP contribution in [0.3, 0.4) is 0 Å². The van der Waals surface area contributed by atoms with Gasteiger partial charge in [0, 0.05) is 32.7 Å². The van der Waals surface area contributed by atoms with Gasteiger partial charge in [0.05, 0.1) is 31.8 Å². The van der Waals surface area contributed by atoms with E-state index in [1.54, 1.807) is 15.9 Å². The van der Waals surface area contributed by atoms with E-state index in [0.29, 0.717) is 45.7 Å². The summed E-state index contributed by atoms with van der Waals surface area (Å²) in [5, 5.41) is 10.4. The zero-order valence-electron chi connectivity index (χ0n) is 22.7. The van der Waals surface area contributed by atoms with Gasteiger partial charge in [-0.1, -0.05) is 39.0 Å². The van der Waals surface area contributed by atoms with Crippen molar-refractivity contribution in [2.45, 2.75) is 56.9 Å². The predicted octanol–water partition coefficient (Wildman–Crippen LogP) is 0.598. The van der Waals surface area contributed by atoms with Crippen molar-refractivity contribution >= 4 is 17.8 Å². The number of aliphatic hydroxyl groups is 1. The molecule has 0 aromatic carbocycles. The van der Waals surface area contributed by atoms with Crippen LogP contribution in [0.4, 0.5) is 0 Å². The molecule has 1 unspecified atom stereocenters. The lowest BCUT2D eigenvalue weighted by Crippen LogP contribution is -2.59. The third kappa shape index (κ3) is 4.39. The van der Waals surface area contributed by atoms with E-state index >= 15 is 0 Å². The first-order valence-electron chi connectivity index (χ1n) is 14.0. The highest BCUT2D eigenvalue weighted by atomic mass is 16.6. The first-order chi connectivity index (χ1) is 18.3. The summed E-state index contributed by atoms with van der Waals surface area (Å²) in [4.78, 5) is 47.7. The maximum Gasteiger partial charge on any atom is 0.313 e. The van der Waals surface area contributed by atoms with Gasteiger partial charge in [-0.2, -0.15) is 0 Å². The molecule has 10 nitrogen and oxygen atoms in total. The summed E-state index contributed by atoms with van der Waals surface area (Å²) in [6, 6.07) is -1.54. The van der Waals surface area contributed by atoms with Gasteiger partial charge < -0.3 is 29.1 Å². The van der Waals surface area contributed by atoms with Gasteiger partial charge in [-0.05, 0) is 24.8 Å². The largest absolute Gasteiger partial charge is 0.461 e. The highest BCUT2D eigenvalue weighted by Crippen LogP contribution is 2.58. The molecule has 0 saturated carbocycles. The van der Waals surface area contributed by atoms with Gasteiger partial charge >= 0.3 is 5.97 Å². The molecule has 1 N–H and O–H groups in total. The second kappa shape index (κ2) is 10.7. The van der Waals surface area contributed by atoms with E-state index in [9.17, 15) is 19.5 Å². The fraction of sp³-hybridized carbons (Fsp3) is 0.750. The number of carbonyl (C=O) groups excluding carboxylic acids is 3. The number of cyclic esters (lactones) is 1. The highest BCUT2D eigenvalue weighted by molar-refractivity contribution is 5.99. The van der Waals surface area contributed by atoms with Crippen LogP contribution in [0.2, 0.25) is 0 Å². The van der Waals surface area contributed by atoms with Crippen LogP contribution < -0.4 is 0 Å². The van der Waals surface area contributed by atoms with Crippen LogP contribution >= 0.6 is 0 Å². The zero-order valence-corrected chi connectivity index (χ0v) is 22.7. The molecular weight excluding hydrogens is 490 g/mol. The van der Waals surface area contributed by atoms with Crippen LogP contribution in [0.15, 0.2) is 24.3 Å². The Morgan fingerprint density at radius 3 is 2.50 bits per heavy atom. The molecule has 3 fully saturated rings. The van der Waals surface area contributed by atoms with Crippen molar-refractivity contribution in [3.8, 4) is 0 Å². The van der Waals surface area contributed by atoms with Crippen LogP contribution in [0.5, 0.6) is 0 Å². The molecular formula is C28H41N3O7. The van der Waals surface area contributed by atoms with E-state index in [0.717, 1.165) is 13.1 Å².